The zero-order valence-corrected chi connectivity index (χ0v) is 11.6. The molecule has 0 spiro atoms. The average molecular weight is 276 g/mol. The van der Waals surface area contributed by atoms with E-state index in [-0.39, 0.29) is 18.4 Å². The minimum Gasteiger partial charge on any atom is -0.481 e. The van der Waals surface area contributed by atoms with Gasteiger partial charge in [0.1, 0.15) is 0 Å². The number of aryl methyl sites for hydroxylation is 1. The van der Waals surface area contributed by atoms with Gasteiger partial charge in [-0.25, -0.2) is 4.79 Å². The Kier molecular flexibility index (Phi) is 4.61. The number of nitrogens with one attached hydrogen (secondary N) is 1. The lowest BCUT2D eigenvalue weighted by Crippen LogP contribution is -2.52. The van der Waals surface area contributed by atoms with Gasteiger partial charge in [-0.3, -0.25) is 4.79 Å². The van der Waals surface area contributed by atoms with Crippen LogP contribution in [-0.2, 0) is 11.2 Å². The molecule has 108 valence electrons. The third-order valence-electron chi connectivity index (χ3n) is 3.45. The van der Waals surface area contributed by atoms with Crippen LogP contribution in [0, 0.1) is 5.92 Å². The molecule has 0 saturated carbocycles. The van der Waals surface area contributed by atoms with Crippen LogP contribution in [0.1, 0.15) is 25.3 Å². The second kappa shape index (κ2) is 6.41. The largest absolute Gasteiger partial charge is 0.481 e. The smallest absolute Gasteiger partial charge is 0.321 e. The molecule has 1 aliphatic rings. The van der Waals surface area contributed by atoms with Gasteiger partial charge >= 0.3 is 12.0 Å². The molecular formula is C15H20N2O3. The van der Waals surface area contributed by atoms with Crippen molar-refractivity contribution in [3.05, 3.63) is 29.8 Å². The number of nitrogens with zero attached hydrogens (tertiary/aromatic N) is 1. The van der Waals surface area contributed by atoms with Crippen LogP contribution in [0.4, 0.5) is 10.5 Å². The number of hydrogen-bond donors (Lipinski definition) is 2. The van der Waals surface area contributed by atoms with Crippen LogP contribution in [-0.4, -0.2) is 35.1 Å². The number of carboxylic acids is 1. The van der Waals surface area contributed by atoms with Gasteiger partial charge in [-0.1, -0.05) is 25.5 Å². The zero-order chi connectivity index (χ0) is 14.5. The molecule has 0 bridgehead atoms. The van der Waals surface area contributed by atoms with Crippen molar-refractivity contribution >= 4 is 17.7 Å². The van der Waals surface area contributed by atoms with Crippen molar-refractivity contribution in [3.8, 4) is 0 Å². The van der Waals surface area contributed by atoms with Crippen LogP contribution in [0.5, 0.6) is 0 Å². The first kappa shape index (κ1) is 14.4. The lowest BCUT2D eigenvalue weighted by molar-refractivity contribution is -0.139. The van der Waals surface area contributed by atoms with Gasteiger partial charge in [-0.2, -0.15) is 0 Å². The molecular weight excluding hydrogens is 256 g/mol. The number of benzene rings is 1. The van der Waals surface area contributed by atoms with Gasteiger partial charge in [0.15, 0.2) is 0 Å². The van der Waals surface area contributed by atoms with E-state index in [0.717, 1.165) is 18.5 Å². The summed E-state index contributed by atoms with van der Waals surface area (Å²) in [6, 6.07) is 7.68. The number of rotatable bonds is 5. The first-order chi connectivity index (χ1) is 9.58. The van der Waals surface area contributed by atoms with E-state index >= 15 is 0 Å². The monoisotopic (exact) mass is 276 g/mol. The highest BCUT2D eigenvalue weighted by molar-refractivity contribution is 5.90. The Bertz CT molecular complexity index is 478. The number of urea groups is 1. The van der Waals surface area contributed by atoms with Gasteiger partial charge in [0.05, 0.1) is 6.42 Å². The quantitative estimate of drug-likeness (QED) is 0.868. The number of carbonyl (C=O) groups is 2. The molecule has 5 heteroatoms. The lowest BCUT2D eigenvalue weighted by atomic mass is 9.97. The summed E-state index contributed by atoms with van der Waals surface area (Å²) in [4.78, 5) is 24.1. The maximum absolute atomic E-state index is 11.9. The third kappa shape index (κ3) is 3.73. The van der Waals surface area contributed by atoms with E-state index < -0.39 is 5.97 Å². The fourth-order valence-electron chi connectivity index (χ4n) is 2.36. The molecule has 0 radical (unpaired) electrons. The maximum atomic E-state index is 11.9. The van der Waals surface area contributed by atoms with Crippen LogP contribution in [0.2, 0.25) is 0 Å². The van der Waals surface area contributed by atoms with Crippen molar-refractivity contribution in [3.63, 3.8) is 0 Å². The van der Waals surface area contributed by atoms with Crippen LogP contribution in [0.25, 0.3) is 0 Å². The summed E-state index contributed by atoms with van der Waals surface area (Å²) >= 11 is 0. The Balaban J connectivity index is 1.79. The van der Waals surface area contributed by atoms with E-state index in [0.29, 0.717) is 13.1 Å². The maximum Gasteiger partial charge on any atom is 0.321 e. The lowest BCUT2D eigenvalue weighted by Gasteiger charge is -2.38. The zero-order valence-electron chi connectivity index (χ0n) is 11.6. The molecule has 2 amide bonds. The second-order valence-electron chi connectivity index (χ2n) is 5.25. The first-order valence-corrected chi connectivity index (χ1v) is 6.95. The molecule has 2 rings (SSSR count). The third-order valence-corrected chi connectivity index (χ3v) is 3.45. The van der Waals surface area contributed by atoms with Crippen molar-refractivity contribution < 1.29 is 14.7 Å². The summed E-state index contributed by atoms with van der Waals surface area (Å²) in [5, 5.41) is 11.5. The van der Waals surface area contributed by atoms with Gasteiger partial charge in [0.2, 0.25) is 0 Å². The highest BCUT2D eigenvalue weighted by Gasteiger charge is 2.31. The van der Waals surface area contributed by atoms with Crippen molar-refractivity contribution in [1.29, 1.82) is 0 Å². The summed E-state index contributed by atoms with van der Waals surface area (Å²) in [7, 11) is 0. The molecule has 0 aromatic heterocycles. The number of hydrogen-bond acceptors (Lipinski definition) is 2. The Morgan fingerprint density at radius 2 is 1.95 bits per heavy atom. The predicted octanol–water partition coefficient (Wildman–Crippen LogP) is 2.58. The normalized spacial score (nSPS) is 14.8. The van der Waals surface area contributed by atoms with Gasteiger partial charge in [-0.05, 0) is 24.1 Å². The van der Waals surface area contributed by atoms with E-state index in [1.807, 2.05) is 24.3 Å². The molecule has 1 fully saturated rings. The van der Waals surface area contributed by atoms with Gasteiger partial charge < -0.3 is 15.3 Å². The highest BCUT2D eigenvalue weighted by atomic mass is 16.4. The summed E-state index contributed by atoms with van der Waals surface area (Å²) in [6.45, 7) is 3.17. The number of carbonyl (C=O) groups excluding carboxylic acids is 1. The van der Waals surface area contributed by atoms with E-state index in [1.165, 1.54) is 5.56 Å². The number of amides is 2. The molecule has 2 N–H and O–H groups in total. The minimum atomic E-state index is -0.804. The molecule has 0 unspecified atom stereocenters. The molecule has 0 atom stereocenters. The SMILES string of the molecule is CCCc1ccc(NC(=O)N2CC(CC(=O)O)C2)cc1. The number of likely N-dealkylation sites (tertiary alicyclic amines) is 1. The van der Waals surface area contributed by atoms with Crippen molar-refractivity contribution in [2.45, 2.75) is 26.2 Å². The Morgan fingerprint density at radius 3 is 2.50 bits per heavy atom. The van der Waals surface area contributed by atoms with Gasteiger partial charge in [0, 0.05) is 24.7 Å². The molecule has 1 heterocycles. The van der Waals surface area contributed by atoms with Crippen LogP contribution in [0.3, 0.4) is 0 Å². The van der Waals surface area contributed by atoms with E-state index in [2.05, 4.69) is 12.2 Å². The summed E-state index contributed by atoms with van der Waals surface area (Å²) in [5.41, 5.74) is 2.03. The standard InChI is InChI=1S/C15H20N2O3/c1-2-3-11-4-6-13(7-5-11)16-15(20)17-9-12(10-17)8-14(18)19/h4-7,12H,2-3,8-10H2,1H3,(H,16,20)(H,18,19). The predicted molar refractivity (Wildman–Crippen MR) is 76.8 cm³/mol. The van der Waals surface area contributed by atoms with Crippen molar-refractivity contribution in [2.75, 3.05) is 18.4 Å². The molecule has 5 nitrogen and oxygen atoms in total. The second-order valence-corrected chi connectivity index (χ2v) is 5.25. The first-order valence-electron chi connectivity index (χ1n) is 6.95. The van der Waals surface area contributed by atoms with E-state index in [9.17, 15) is 9.59 Å². The Hall–Kier alpha value is -2.04. The van der Waals surface area contributed by atoms with Crippen molar-refractivity contribution in [2.24, 2.45) is 5.92 Å². The van der Waals surface area contributed by atoms with Crippen molar-refractivity contribution in [1.82, 2.24) is 4.90 Å². The Labute approximate surface area is 118 Å². The molecule has 1 saturated heterocycles. The van der Waals surface area contributed by atoms with Crippen LogP contribution in [0.15, 0.2) is 24.3 Å². The van der Waals surface area contributed by atoms with E-state index in [1.54, 1.807) is 4.90 Å². The fraction of sp³-hybridized carbons (Fsp3) is 0.467. The van der Waals surface area contributed by atoms with Crippen LogP contribution < -0.4 is 5.32 Å². The van der Waals surface area contributed by atoms with Gasteiger partial charge in [0.25, 0.3) is 0 Å². The summed E-state index contributed by atoms with van der Waals surface area (Å²) in [5.74, 6) is -0.716. The molecule has 20 heavy (non-hydrogen) atoms. The molecule has 0 aliphatic carbocycles. The molecule has 1 aromatic rings. The van der Waals surface area contributed by atoms with E-state index in [4.69, 9.17) is 5.11 Å². The number of anilines is 1. The topological polar surface area (TPSA) is 69.6 Å². The average Bonchev–Trinajstić information content (AvgIpc) is 2.35. The fourth-order valence-corrected chi connectivity index (χ4v) is 2.36. The highest BCUT2D eigenvalue weighted by Crippen LogP contribution is 2.20. The Morgan fingerprint density at radius 1 is 1.30 bits per heavy atom. The number of carboxylic acid groups (broad SMARTS) is 1. The summed E-state index contributed by atoms with van der Waals surface area (Å²) in [6.07, 6.45) is 2.27. The summed E-state index contributed by atoms with van der Waals surface area (Å²) < 4.78 is 0. The van der Waals surface area contributed by atoms with Crippen LogP contribution >= 0.6 is 0 Å². The molecule has 1 aromatic carbocycles. The minimum absolute atomic E-state index is 0.0881. The van der Waals surface area contributed by atoms with Gasteiger partial charge in [-0.15, -0.1) is 0 Å². The molecule has 1 aliphatic heterocycles. The number of aliphatic carboxylic acids is 1.